The van der Waals surface area contributed by atoms with Crippen LogP contribution in [-0.2, 0) is 16.0 Å². The van der Waals surface area contributed by atoms with E-state index in [9.17, 15) is 14.0 Å². The number of carbonyl (C=O) groups is 2. The van der Waals surface area contributed by atoms with Gasteiger partial charge in [-0.25, -0.2) is 28.3 Å². The van der Waals surface area contributed by atoms with Crippen molar-refractivity contribution in [1.29, 1.82) is 0 Å². The van der Waals surface area contributed by atoms with Crippen LogP contribution in [0.25, 0.3) is 10.5 Å². The van der Waals surface area contributed by atoms with Crippen LogP contribution in [0, 0.1) is 12.4 Å². The predicted octanol–water partition coefficient (Wildman–Crippen LogP) is 5.69. The number of ether oxygens (including phenoxy) is 3. The molecule has 41 heavy (non-hydrogen) atoms. The zero-order chi connectivity index (χ0) is 30.5. The lowest BCUT2D eigenvalue weighted by atomic mass is 10.1. The van der Waals surface area contributed by atoms with Crippen molar-refractivity contribution >= 4 is 29.2 Å². The maximum atomic E-state index is 14.7. The number of aromatic nitrogens is 3. The van der Waals surface area contributed by atoms with Crippen LogP contribution in [0.2, 0.25) is 0 Å². The molecule has 0 spiro atoms. The number of benzene rings is 1. The average molecular weight is 569 g/mol. The maximum absolute atomic E-state index is 14.7. The van der Waals surface area contributed by atoms with Gasteiger partial charge in [-0.3, -0.25) is 0 Å². The van der Waals surface area contributed by atoms with Gasteiger partial charge < -0.3 is 24.4 Å². The van der Waals surface area contributed by atoms with Crippen molar-refractivity contribution < 1.29 is 28.2 Å². The first-order valence-electron chi connectivity index (χ1n) is 13.3. The molecule has 2 heterocycles. The molecule has 1 amide bonds. The molecule has 0 radical (unpaired) electrons. The summed E-state index contributed by atoms with van der Waals surface area (Å²) in [4.78, 5) is 34.7. The summed E-state index contributed by atoms with van der Waals surface area (Å²) in [5.41, 5.74) is -0.670. The van der Waals surface area contributed by atoms with Crippen molar-refractivity contribution in [3.05, 3.63) is 59.0 Å². The van der Waals surface area contributed by atoms with Crippen molar-refractivity contribution in [2.24, 2.45) is 0 Å². The van der Waals surface area contributed by atoms with E-state index in [1.165, 1.54) is 22.8 Å². The van der Waals surface area contributed by atoms with Crippen LogP contribution in [-0.4, -0.2) is 57.1 Å². The van der Waals surface area contributed by atoms with E-state index in [1.807, 2.05) is 11.8 Å². The first-order chi connectivity index (χ1) is 19.1. The summed E-state index contributed by atoms with van der Waals surface area (Å²) in [5.74, 6) is -0.444. The number of hydrogen-bond acceptors (Lipinski definition) is 8. The lowest BCUT2D eigenvalue weighted by Gasteiger charge is -2.26. The maximum Gasteiger partial charge on any atom is 0.407 e. The molecule has 1 atom stereocenters. The number of halogens is 1. The number of anilines is 1. The Labute approximate surface area is 239 Å². The van der Waals surface area contributed by atoms with Gasteiger partial charge in [0.2, 0.25) is 5.69 Å². The lowest BCUT2D eigenvalue weighted by molar-refractivity contribution is 0.00712. The Morgan fingerprint density at radius 1 is 1.15 bits per heavy atom. The Hall–Kier alpha value is -4.40. The molecule has 0 fully saturated rings. The van der Waals surface area contributed by atoms with Crippen LogP contribution in [0.4, 0.5) is 20.7 Å². The number of amides is 1. The zero-order valence-corrected chi connectivity index (χ0v) is 24.7. The van der Waals surface area contributed by atoms with Crippen LogP contribution < -0.4 is 15.0 Å². The van der Waals surface area contributed by atoms with Gasteiger partial charge in [0.25, 0.3) is 0 Å². The van der Waals surface area contributed by atoms with E-state index in [2.05, 4.69) is 20.2 Å². The van der Waals surface area contributed by atoms with E-state index in [4.69, 9.17) is 20.8 Å². The van der Waals surface area contributed by atoms with E-state index in [0.717, 1.165) is 0 Å². The van der Waals surface area contributed by atoms with Gasteiger partial charge in [-0.05, 0) is 73.6 Å². The summed E-state index contributed by atoms with van der Waals surface area (Å²) < 4.78 is 33.0. The van der Waals surface area contributed by atoms with Crippen LogP contribution in [0.15, 0.2) is 30.6 Å². The highest BCUT2D eigenvalue weighted by molar-refractivity contribution is 5.96. The highest BCUT2D eigenvalue weighted by Gasteiger charge is 2.24. The van der Waals surface area contributed by atoms with Gasteiger partial charge in [-0.15, -0.1) is 0 Å². The third-order valence-electron chi connectivity index (χ3n) is 5.59. The van der Waals surface area contributed by atoms with Crippen molar-refractivity contribution in [2.75, 3.05) is 18.0 Å². The second-order valence-electron chi connectivity index (χ2n) is 11.4. The molecule has 2 aromatic heterocycles. The van der Waals surface area contributed by atoms with E-state index in [0.29, 0.717) is 29.3 Å². The molecule has 3 aromatic rings. The summed E-state index contributed by atoms with van der Waals surface area (Å²) in [6.07, 6.45) is 1.97. The number of hydrogen-bond donors (Lipinski definition) is 1. The van der Waals surface area contributed by atoms with Crippen molar-refractivity contribution in [3.63, 3.8) is 0 Å². The minimum absolute atomic E-state index is 0.0899. The predicted molar refractivity (Wildman–Crippen MR) is 152 cm³/mol. The molecule has 0 saturated carbocycles. The fourth-order valence-corrected chi connectivity index (χ4v) is 3.83. The number of alkyl carbamates (subject to hydrolysis) is 1. The van der Waals surface area contributed by atoms with Crippen LogP contribution in [0.1, 0.15) is 71.3 Å². The van der Waals surface area contributed by atoms with Gasteiger partial charge in [-0.2, -0.15) is 5.10 Å². The Balaban J connectivity index is 1.89. The molecule has 0 unspecified atom stereocenters. The van der Waals surface area contributed by atoms with Gasteiger partial charge in [0.05, 0.1) is 19.3 Å². The first-order valence-corrected chi connectivity index (χ1v) is 13.3. The Bertz CT molecular complexity index is 1450. The summed E-state index contributed by atoms with van der Waals surface area (Å²) in [7, 11) is 0. The number of nitrogens with zero attached hydrogens (tertiary/aromatic N) is 5. The molecule has 1 N–H and O–H groups in total. The molecule has 0 aliphatic heterocycles. The second-order valence-corrected chi connectivity index (χ2v) is 11.4. The van der Waals surface area contributed by atoms with Gasteiger partial charge in [0.15, 0.2) is 5.65 Å². The normalized spacial score (nSPS) is 12.4. The first kappa shape index (κ1) is 31.1. The highest BCUT2D eigenvalue weighted by Crippen LogP contribution is 2.34. The minimum Gasteiger partial charge on any atom is -0.490 e. The average Bonchev–Trinajstić information content (AvgIpc) is 3.29. The Morgan fingerprint density at radius 2 is 1.83 bits per heavy atom. The van der Waals surface area contributed by atoms with Crippen LogP contribution in [0.3, 0.4) is 0 Å². The number of fused-ring (bicyclic) bond motifs is 1. The van der Waals surface area contributed by atoms with Gasteiger partial charge >= 0.3 is 12.1 Å². The summed E-state index contributed by atoms with van der Waals surface area (Å²) in [6.45, 7) is 22.5. The molecule has 0 aliphatic rings. The largest absolute Gasteiger partial charge is 0.490 e. The smallest absolute Gasteiger partial charge is 0.407 e. The van der Waals surface area contributed by atoms with E-state index in [1.54, 1.807) is 60.7 Å². The molecular weight excluding hydrogens is 531 g/mol. The molecule has 220 valence electrons. The van der Waals surface area contributed by atoms with Gasteiger partial charge in [-0.1, -0.05) is 0 Å². The van der Waals surface area contributed by atoms with Crippen molar-refractivity contribution in [2.45, 2.75) is 79.2 Å². The monoisotopic (exact) mass is 568 g/mol. The third kappa shape index (κ3) is 8.30. The molecule has 11 nitrogen and oxygen atoms in total. The molecule has 1 aromatic carbocycles. The topological polar surface area (TPSA) is 112 Å². The summed E-state index contributed by atoms with van der Waals surface area (Å²) >= 11 is 0. The molecule has 3 rings (SSSR count). The number of nitrogens with one attached hydrogen (secondary N) is 1. The van der Waals surface area contributed by atoms with Crippen molar-refractivity contribution in [3.8, 4) is 5.75 Å². The molecule has 0 bridgehead atoms. The minimum atomic E-state index is -0.693. The highest BCUT2D eigenvalue weighted by atomic mass is 19.1. The fourth-order valence-electron chi connectivity index (χ4n) is 3.83. The van der Waals surface area contributed by atoms with E-state index >= 15 is 0 Å². The van der Waals surface area contributed by atoms with Crippen molar-refractivity contribution in [1.82, 2.24) is 19.9 Å². The number of esters is 1. The lowest BCUT2D eigenvalue weighted by Crippen LogP contribution is -2.37. The standard InChI is InChI=1S/C29H37FN6O5/c1-10-35(23-13-14-36-25(34-23)19(16-33-36)26(37)40-28(3,4)5)17-20-22(12-11-21(30)24(20)31-9)39-18(2)15-32-27(38)41-29(6,7)8/h11-14,16,18H,10,15,17H2,1-8H3,(H,32,38)/t18-/m1/s1. The third-order valence-corrected chi connectivity index (χ3v) is 5.59. The van der Waals surface area contributed by atoms with Gasteiger partial charge in [0.1, 0.15) is 40.3 Å². The van der Waals surface area contributed by atoms with Crippen LogP contribution in [0.5, 0.6) is 5.75 Å². The second kappa shape index (κ2) is 12.4. The Kier molecular flexibility index (Phi) is 9.42. The summed E-state index contributed by atoms with van der Waals surface area (Å²) in [5, 5.41) is 6.85. The Morgan fingerprint density at radius 3 is 2.44 bits per heavy atom. The summed E-state index contributed by atoms with van der Waals surface area (Å²) in [6, 6.07) is 4.36. The van der Waals surface area contributed by atoms with E-state index in [-0.39, 0.29) is 24.3 Å². The number of carbonyl (C=O) groups excluding carboxylic acids is 2. The number of rotatable bonds is 9. The van der Waals surface area contributed by atoms with Crippen LogP contribution >= 0.6 is 0 Å². The van der Waals surface area contributed by atoms with E-state index < -0.39 is 35.2 Å². The zero-order valence-electron chi connectivity index (χ0n) is 24.7. The molecule has 0 aliphatic carbocycles. The fraction of sp³-hybridized carbons (Fsp3) is 0.483. The quantitative estimate of drug-likeness (QED) is 0.259. The molecular formula is C29H37FN6O5. The molecule has 0 saturated heterocycles. The molecule has 12 heteroatoms. The van der Waals surface area contributed by atoms with Gasteiger partial charge in [0, 0.05) is 24.8 Å². The SMILES string of the molecule is [C-]#[N+]c1c(F)ccc(O[C@H](C)CNC(=O)OC(C)(C)C)c1CN(CC)c1ccn2ncc(C(=O)OC(C)(C)C)c2n1.